The highest BCUT2D eigenvalue weighted by Gasteiger charge is 2.48. The van der Waals surface area contributed by atoms with Gasteiger partial charge < -0.3 is 19.1 Å². The number of hydrogen-bond acceptors (Lipinski definition) is 4. The summed E-state index contributed by atoms with van der Waals surface area (Å²) in [6.07, 6.45) is 1.13. The van der Waals surface area contributed by atoms with Gasteiger partial charge in [0.2, 0.25) is 0 Å². The molecule has 0 aliphatic carbocycles. The first-order valence-electron chi connectivity index (χ1n) is 8.03. The molecule has 0 radical (unpaired) electrons. The van der Waals surface area contributed by atoms with Crippen LogP contribution in [0.5, 0.6) is 0 Å². The SMILES string of the molecule is O=C(OCc1ccccc1)N1CCC2(OCCO2)C(CCCl)C1. The molecule has 1 spiro atoms. The van der Waals surface area contributed by atoms with Gasteiger partial charge in [0, 0.05) is 31.3 Å². The highest BCUT2D eigenvalue weighted by atomic mass is 35.5. The van der Waals surface area contributed by atoms with E-state index in [4.69, 9.17) is 25.8 Å². The van der Waals surface area contributed by atoms with Crippen molar-refractivity contribution < 1.29 is 19.0 Å². The fourth-order valence-corrected chi connectivity index (χ4v) is 3.52. The van der Waals surface area contributed by atoms with E-state index >= 15 is 0 Å². The van der Waals surface area contributed by atoms with Crippen molar-refractivity contribution >= 4 is 17.7 Å². The van der Waals surface area contributed by atoms with Crippen LogP contribution < -0.4 is 0 Å². The van der Waals surface area contributed by atoms with Crippen molar-refractivity contribution in [2.75, 3.05) is 32.2 Å². The first-order chi connectivity index (χ1) is 11.2. The van der Waals surface area contributed by atoms with Gasteiger partial charge in [-0.15, -0.1) is 11.6 Å². The number of ether oxygens (including phenoxy) is 3. The van der Waals surface area contributed by atoms with Gasteiger partial charge in [-0.2, -0.15) is 0 Å². The summed E-state index contributed by atoms with van der Waals surface area (Å²) >= 11 is 5.92. The van der Waals surface area contributed by atoms with Crippen LogP contribution in [0, 0.1) is 5.92 Å². The smallest absolute Gasteiger partial charge is 0.410 e. The summed E-state index contributed by atoms with van der Waals surface area (Å²) in [5.41, 5.74) is 0.981. The Balaban J connectivity index is 1.57. The number of nitrogens with zero attached hydrogens (tertiary/aromatic N) is 1. The molecule has 1 atom stereocenters. The molecule has 2 aliphatic rings. The van der Waals surface area contributed by atoms with Crippen LogP contribution in [-0.2, 0) is 20.8 Å². The third kappa shape index (κ3) is 3.79. The summed E-state index contributed by atoms with van der Waals surface area (Å²) in [5, 5.41) is 0. The Hall–Kier alpha value is -1.30. The molecule has 6 heteroatoms. The number of halogens is 1. The second-order valence-electron chi connectivity index (χ2n) is 5.92. The first-order valence-corrected chi connectivity index (χ1v) is 8.56. The Bertz CT molecular complexity index is 519. The van der Waals surface area contributed by atoms with Crippen LogP contribution in [0.1, 0.15) is 18.4 Å². The van der Waals surface area contributed by atoms with Crippen LogP contribution >= 0.6 is 11.6 Å². The molecule has 2 fully saturated rings. The molecule has 126 valence electrons. The van der Waals surface area contributed by atoms with Gasteiger partial charge in [-0.05, 0) is 12.0 Å². The number of rotatable bonds is 4. The third-order valence-corrected chi connectivity index (χ3v) is 4.71. The Kier molecular flexibility index (Phi) is 5.41. The number of benzene rings is 1. The largest absolute Gasteiger partial charge is 0.445 e. The van der Waals surface area contributed by atoms with Gasteiger partial charge >= 0.3 is 6.09 Å². The molecule has 0 aromatic heterocycles. The molecule has 1 aromatic carbocycles. The van der Waals surface area contributed by atoms with Crippen LogP contribution in [0.2, 0.25) is 0 Å². The molecule has 1 unspecified atom stereocenters. The lowest BCUT2D eigenvalue weighted by atomic mass is 9.88. The number of piperidine rings is 1. The predicted molar refractivity (Wildman–Crippen MR) is 86.3 cm³/mol. The van der Waals surface area contributed by atoms with E-state index in [0.717, 1.165) is 12.0 Å². The van der Waals surface area contributed by atoms with Gasteiger partial charge in [-0.25, -0.2) is 4.79 Å². The molecule has 3 rings (SSSR count). The van der Waals surface area contributed by atoms with E-state index in [2.05, 4.69) is 0 Å². The minimum atomic E-state index is -0.564. The highest BCUT2D eigenvalue weighted by Crippen LogP contribution is 2.38. The molecule has 0 saturated carbocycles. The number of alkyl halides is 1. The van der Waals surface area contributed by atoms with Gasteiger partial charge in [-0.3, -0.25) is 0 Å². The normalized spacial score (nSPS) is 23.2. The number of amides is 1. The van der Waals surface area contributed by atoms with E-state index < -0.39 is 5.79 Å². The topological polar surface area (TPSA) is 48.0 Å². The predicted octanol–water partition coefficient (Wildman–Crippen LogP) is 3.02. The maximum absolute atomic E-state index is 12.3. The van der Waals surface area contributed by atoms with Crippen LogP contribution in [-0.4, -0.2) is 49.0 Å². The van der Waals surface area contributed by atoms with Gasteiger partial charge in [0.05, 0.1) is 13.2 Å². The summed E-state index contributed by atoms with van der Waals surface area (Å²) in [6, 6.07) is 9.68. The summed E-state index contributed by atoms with van der Waals surface area (Å²) in [6.45, 7) is 2.63. The Morgan fingerprint density at radius 1 is 1.30 bits per heavy atom. The maximum atomic E-state index is 12.3. The fourth-order valence-electron chi connectivity index (χ4n) is 3.26. The zero-order valence-corrected chi connectivity index (χ0v) is 13.8. The molecule has 2 saturated heterocycles. The molecule has 23 heavy (non-hydrogen) atoms. The zero-order valence-electron chi connectivity index (χ0n) is 13.1. The van der Waals surface area contributed by atoms with E-state index in [0.29, 0.717) is 38.6 Å². The minimum absolute atomic E-state index is 0.0838. The molecule has 0 bridgehead atoms. The Labute approximate surface area is 141 Å². The average molecular weight is 340 g/mol. The molecular formula is C17H22ClNO4. The van der Waals surface area contributed by atoms with Gasteiger partial charge in [0.15, 0.2) is 5.79 Å². The summed E-state index contributed by atoms with van der Waals surface area (Å²) < 4.78 is 17.1. The number of likely N-dealkylation sites (tertiary alicyclic amines) is 1. The van der Waals surface area contributed by atoms with Crippen LogP contribution in [0.4, 0.5) is 4.79 Å². The summed E-state index contributed by atoms with van der Waals surface area (Å²) in [7, 11) is 0. The summed E-state index contributed by atoms with van der Waals surface area (Å²) in [5.74, 6) is 0.0393. The van der Waals surface area contributed by atoms with Gasteiger partial charge in [-0.1, -0.05) is 30.3 Å². The number of carbonyl (C=O) groups excluding carboxylic acids is 1. The molecule has 1 aromatic rings. The maximum Gasteiger partial charge on any atom is 0.410 e. The van der Waals surface area contributed by atoms with Crippen LogP contribution in [0.25, 0.3) is 0 Å². The van der Waals surface area contributed by atoms with E-state index in [1.165, 1.54) is 0 Å². The van der Waals surface area contributed by atoms with E-state index in [1.54, 1.807) is 4.90 Å². The Morgan fingerprint density at radius 3 is 2.74 bits per heavy atom. The van der Waals surface area contributed by atoms with Crippen molar-refractivity contribution in [2.45, 2.75) is 25.2 Å². The van der Waals surface area contributed by atoms with Crippen molar-refractivity contribution in [2.24, 2.45) is 5.92 Å². The highest BCUT2D eigenvalue weighted by molar-refractivity contribution is 6.17. The second-order valence-corrected chi connectivity index (χ2v) is 6.30. The van der Waals surface area contributed by atoms with Crippen molar-refractivity contribution in [3.05, 3.63) is 35.9 Å². The average Bonchev–Trinajstić information content (AvgIpc) is 3.05. The molecule has 2 heterocycles. The van der Waals surface area contributed by atoms with Gasteiger partial charge in [0.1, 0.15) is 6.61 Å². The second kappa shape index (κ2) is 7.51. The molecule has 1 amide bonds. The van der Waals surface area contributed by atoms with Crippen molar-refractivity contribution in [3.8, 4) is 0 Å². The molecule has 2 aliphatic heterocycles. The molecular weight excluding hydrogens is 318 g/mol. The standard InChI is InChI=1S/C17H22ClNO4/c18-8-6-15-12-19(9-7-17(15)22-10-11-23-17)16(20)21-13-14-4-2-1-3-5-14/h1-5,15H,6-13H2. The van der Waals surface area contributed by atoms with Crippen LogP contribution in [0.3, 0.4) is 0 Å². The van der Waals surface area contributed by atoms with E-state index in [1.807, 2.05) is 30.3 Å². The van der Waals surface area contributed by atoms with Crippen molar-refractivity contribution in [3.63, 3.8) is 0 Å². The minimum Gasteiger partial charge on any atom is -0.445 e. The van der Waals surface area contributed by atoms with Crippen molar-refractivity contribution in [1.29, 1.82) is 0 Å². The van der Waals surface area contributed by atoms with Crippen molar-refractivity contribution in [1.82, 2.24) is 4.90 Å². The lowest BCUT2D eigenvalue weighted by Gasteiger charge is -2.43. The summed E-state index contributed by atoms with van der Waals surface area (Å²) in [4.78, 5) is 14.0. The quantitative estimate of drug-likeness (QED) is 0.791. The third-order valence-electron chi connectivity index (χ3n) is 4.49. The fraction of sp³-hybridized carbons (Fsp3) is 0.588. The number of carbonyl (C=O) groups is 1. The Morgan fingerprint density at radius 2 is 2.04 bits per heavy atom. The lowest BCUT2D eigenvalue weighted by molar-refractivity contribution is -0.218. The van der Waals surface area contributed by atoms with E-state index in [9.17, 15) is 4.79 Å². The molecule has 5 nitrogen and oxygen atoms in total. The van der Waals surface area contributed by atoms with Gasteiger partial charge in [0.25, 0.3) is 0 Å². The van der Waals surface area contributed by atoms with E-state index in [-0.39, 0.29) is 18.6 Å². The monoisotopic (exact) mass is 339 g/mol. The molecule has 0 N–H and O–H groups in total. The number of hydrogen-bond donors (Lipinski definition) is 0. The lowest BCUT2D eigenvalue weighted by Crippen LogP contribution is -2.54. The zero-order chi connectivity index (χ0) is 16.1. The first kappa shape index (κ1) is 16.6. The van der Waals surface area contributed by atoms with Crippen LogP contribution in [0.15, 0.2) is 30.3 Å².